The Morgan fingerprint density at radius 3 is 2.41 bits per heavy atom. The van der Waals surface area contributed by atoms with Gasteiger partial charge in [0.2, 0.25) is 0 Å². The Morgan fingerprint density at radius 1 is 0.963 bits per heavy atom. The van der Waals surface area contributed by atoms with Crippen LogP contribution in [-0.4, -0.2) is 40.8 Å². The largest absolute Gasteiger partial charge is 0.507 e. The van der Waals surface area contributed by atoms with Gasteiger partial charge in [-0.15, -0.1) is 0 Å². The number of para-hydroxylation sites is 2. The molecule has 0 aliphatic carbocycles. The van der Waals surface area contributed by atoms with E-state index < -0.39 is 17.6 Å². The molecule has 0 aliphatic rings. The average molecular weight is 365 g/mol. The van der Waals surface area contributed by atoms with E-state index in [2.05, 4.69) is 15.6 Å². The van der Waals surface area contributed by atoms with Crippen LogP contribution in [0.4, 0.5) is 0 Å². The first-order valence-corrected chi connectivity index (χ1v) is 8.45. The fourth-order valence-electron chi connectivity index (χ4n) is 2.88. The quantitative estimate of drug-likeness (QED) is 0.304. The molecule has 1 aromatic heterocycles. The Hall–Kier alpha value is -3.61. The van der Waals surface area contributed by atoms with Gasteiger partial charge in [-0.05, 0) is 25.1 Å². The molecule has 0 saturated carbocycles. The topological polar surface area (TPSA) is 111 Å². The molecule has 0 fully saturated rings. The number of hydrogen-bond acceptors (Lipinski definition) is 4. The van der Waals surface area contributed by atoms with E-state index in [0.717, 1.165) is 5.52 Å². The van der Waals surface area contributed by atoms with Crippen molar-refractivity contribution in [1.29, 1.82) is 0 Å². The van der Waals surface area contributed by atoms with E-state index >= 15 is 0 Å². The maximum atomic E-state index is 12.5. The zero-order valence-electron chi connectivity index (χ0n) is 14.7. The number of Topliss-reactive ketones (excluding diaryl/α,β-unsaturated/α-hetero) is 1. The Labute approximate surface area is 155 Å². The third-order valence-electron chi connectivity index (χ3n) is 4.17. The summed E-state index contributed by atoms with van der Waals surface area (Å²) in [7, 11) is 0. The summed E-state index contributed by atoms with van der Waals surface area (Å²) in [6.07, 6.45) is 0. The standard InChI is InChI=1S/C20H19N3O4/c1-12-17(13-6-2-4-8-15(13)23-12)18(25)20(27)22-11-10-21-19(26)14-7-3-5-9-16(14)24/h2-9,23-24H,10-11H2,1H3,(H,21,26)(H,22,27). The first-order valence-electron chi connectivity index (χ1n) is 8.45. The van der Waals surface area contributed by atoms with Crippen LogP contribution in [0.15, 0.2) is 48.5 Å². The minimum absolute atomic E-state index is 0.0886. The molecule has 4 N–H and O–H groups in total. The van der Waals surface area contributed by atoms with Gasteiger partial charge in [0, 0.05) is 29.7 Å². The third kappa shape index (κ3) is 3.82. The Bertz CT molecular complexity index is 1020. The Morgan fingerprint density at radius 2 is 1.63 bits per heavy atom. The lowest BCUT2D eigenvalue weighted by Gasteiger charge is -2.08. The van der Waals surface area contributed by atoms with E-state index in [1.807, 2.05) is 12.1 Å². The number of phenols is 1. The number of carbonyl (C=O) groups excluding carboxylic acids is 3. The monoisotopic (exact) mass is 365 g/mol. The molecule has 7 nitrogen and oxygen atoms in total. The van der Waals surface area contributed by atoms with Gasteiger partial charge in [-0.3, -0.25) is 14.4 Å². The number of rotatable bonds is 6. The molecule has 0 saturated heterocycles. The summed E-state index contributed by atoms with van der Waals surface area (Å²) in [6, 6.07) is 13.4. The van der Waals surface area contributed by atoms with Crippen LogP contribution in [0.5, 0.6) is 5.75 Å². The van der Waals surface area contributed by atoms with Crippen LogP contribution in [-0.2, 0) is 4.79 Å². The lowest BCUT2D eigenvalue weighted by atomic mass is 10.1. The summed E-state index contributed by atoms with van der Waals surface area (Å²) < 4.78 is 0. The highest BCUT2D eigenvalue weighted by Crippen LogP contribution is 2.22. The molecule has 138 valence electrons. The van der Waals surface area contributed by atoms with Crippen LogP contribution in [0.3, 0.4) is 0 Å². The fourth-order valence-corrected chi connectivity index (χ4v) is 2.88. The zero-order valence-corrected chi connectivity index (χ0v) is 14.7. The molecule has 0 unspecified atom stereocenters. The van der Waals surface area contributed by atoms with Crippen molar-refractivity contribution in [2.24, 2.45) is 0 Å². The third-order valence-corrected chi connectivity index (χ3v) is 4.17. The summed E-state index contributed by atoms with van der Waals surface area (Å²) in [5.74, 6) is -1.94. The minimum Gasteiger partial charge on any atom is -0.507 e. The first-order chi connectivity index (χ1) is 13.0. The normalized spacial score (nSPS) is 10.6. The molecular formula is C20H19N3O4. The number of amides is 2. The number of nitrogens with one attached hydrogen (secondary N) is 3. The maximum absolute atomic E-state index is 12.5. The average Bonchev–Trinajstić information content (AvgIpc) is 3.00. The van der Waals surface area contributed by atoms with Crippen molar-refractivity contribution in [3.63, 3.8) is 0 Å². The molecule has 3 aromatic rings. The van der Waals surface area contributed by atoms with Gasteiger partial charge in [-0.2, -0.15) is 0 Å². The Kier molecular flexibility index (Phi) is 5.21. The number of benzene rings is 2. The SMILES string of the molecule is Cc1[nH]c2ccccc2c1C(=O)C(=O)NCCNC(=O)c1ccccc1O. The number of H-pyrrole nitrogens is 1. The molecule has 0 atom stereocenters. The van der Waals surface area contributed by atoms with E-state index in [-0.39, 0.29) is 24.4 Å². The first kappa shape index (κ1) is 18.2. The number of hydrogen-bond donors (Lipinski definition) is 4. The van der Waals surface area contributed by atoms with Crippen LogP contribution in [0.2, 0.25) is 0 Å². The predicted octanol–water partition coefficient (Wildman–Crippen LogP) is 1.91. The van der Waals surface area contributed by atoms with E-state index in [9.17, 15) is 19.5 Å². The van der Waals surface area contributed by atoms with Gasteiger partial charge < -0.3 is 20.7 Å². The van der Waals surface area contributed by atoms with Crippen molar-refractivity contribution in [3.8, 4) is 5.75 Å². The van der Waals surface area contributed by atoms with E-state index in [1.54, 1.807) is 31.2 Å². The fraction of sp³-hybridized carbons (Fsp3) is 0.150. The lowest BCUT2D eigenvalue weighted by Crippen LogP contribution is -2.38. The number of aromatic hydroxyl groups is 1. The summed E-state index contributed by atoms with van der Waals surface area (Å²) in [5, 5.41) is 15.4. The molecule has 3 rings (SSSR count). The van der Waals surface area contributed by atoms with Crippen molar-refractivity contribution in [3.05, 3.63) is 65.4 Å². The van der Waals surface area contributed by atoms with Crippen molar-refractivity contribution in [2.75, 3.05) is 13.1 Å². The smallest absolute Gasteiger partial charge is 0.292 e. The molecule has 7 heteroatoms. The summed E-state index contributed by atoms with van der Waals surface area (Å²) in [6.45, 7) is 1.96. The van der Waals surface area contributed by atoms with Gasteiger partial charge >= 0.3 is 0 Å². The highest BCUT2D eigenvalue weighted by atomic mass is 16.3. The molecule has 0 aliphatic heterocycles. The van der Waals surface area contributed by atoms with Gasteiger partial charge in [0.15, 0.2) is 0 Å². The minimum atomic E-state index is -0.736. The van der Waals surface area contributed by atoms with Crippen LogP contribution in [0, 0.1) is 6.92 Å². The van der Waals surface area contributed by atoms with Crippen molar-refractivity contribution in [2.45, 2.75) is 6.92 Å². The highest BCUT2D eigenvalue weighted by Gasteiger charge is 2.22. The van der Waals surface area contributed by atoms with Crippen molar-refractivity contribution < 1.29 is 19.5 Å². The van der Waals surface area contributed by atoms with Crippen molar-refractivity contribution in [1.82, 2.24) is 15.6 Å². The van der Waals surface area contributed by atoms with Crippen LogP contribution in [0.25, 0.3) is 10.9 Å². The van der Waals surface area contributed by atoms with E-state index in [4.69, 9.17) is 0 Å². The van der Waals surface area contributed by atoms with Gasteiger partial charge in [0.1, 0.15) is 5.75 Å². The number of aromatic amines is 1. The predicted molar refractivity (Wildman–Crippen MR) is 101 cm³/mol. The van der Waals surface area contributed by atoms with Crippen molar-refractivity contribution >= 4 is 28.5 Å². The molecule has 2 aromatic carbocycles. The Balaban J connectivity index is 1.56. The number of fused-ring (bicyclic) bond motifs is 1. The van der Waals surface area contributed by atoms with Gasteiger partial charge in [-0.1, -0.05) is 30.3 Å². The van der Waals surface area contributed by atoms with Gasteiger partial charge in [0.05, 0.1) is 11.1 Å². The van der Waals surface area contributed by atoms with Gasteiger partial charge in [-0.25, -0.2) is 0 Å². The summed E-state index contributed by atoms with van der Waals surface area (Å²) >= 11 is 0. The number of aromatic nitrogens is 1. The van der Waals surface area contributed by atoms with Gasteiger partial charge in [0.25, 0.3) is 17.6 Å². The molecule has 1 heterocycles. The number of phenolic OH excluding ortho intramolecular Hbond substituents is 1. The van der Waals surface area contributed by atoms with Crippen LogP contribution >= 0.6 is 0 Å². The zero-order chi connectivity index (χ0) is 19.4. The lowest BCUT2D eigenvalue weighted by molar-refractivity contribution is -0.116. The second-order valence-electron chi connectivity index (χ2n) is 6.03. The second-order valence-corrected chi connectivity index (χ2v) is 6.03. The van der Waals surface area contributed by atoms with E-state index in [1.165, 1.54) is 12.1 Å². The number of carbonyl (C=O) groups is 3. The summed E-state index contributed by atoms with van der Waals surface area (Å²) in [5.41, 5.74) is 1.92. The highest BCUT2D eigenvalue weighted by molar-refractivity contribution is 6.45. The summed E-state index contributed by atoms with van der Waals surface area (Å²) in [4.78, 5) is 39.7. The van der Waals surface area contributed by atoms with Crippen LogP contribution in [0.1, 0.15) is 26.4 Å². The van der Waals surface area contributed by atoms with Crippen LogP contribution < -0.4 is 10.6 Å². The molecule has 0 radical (unpaired) electrons. The molecule has 0 spiro atoms. The maximum Gasteiger partial charge on any atom is 0.292 e. The molecule has 0 bridgehead atoms. The molecule has 2 amide bonds. The van der Waals surface area contributed by atoms with E-state index in [0.29, 0.717) is 16.6 Å². The molecular weight excluding hydrogens is 346 g/mol. The number of aryl methyl sites for hydroxylation is 1. The number of ketones is 1. The molecule has 27 heavy (non-hydrogen) atoms. The second kappa shape index (κ2) is 7.74.